The highest BCUT2D eigenvalue weighted by Crippen LogP contribution is 2.41. The largest absolute Gasteiger partial charge is 0.208 e. The molecule has 4 heteroatoms. The van der Waals surface area contributed by atoms with Crippen LogP contribution in [0, 0.1) is 0 Å². The van der Waals surface area contributed by atoms with Crippen LogP contribution in [0.15, 0.2) is 176 Å². The van der Waals surface area contributed by atoms with E-state index in [9.17, 15) is 0 Å². The summed E-state index contributed by atoms with van der Waals surface area (Å²) in [5, 5.41) is 7.82. The summed E-state index contributed by atoms with van der Waals surface area (Å²) < 4.78 is 0. The fraction of sp³-hybridized carbons (Fsp3) is 0.0408. The fourth-order valence-electron chi connectivity index (χ4n) is 8.49. The maximum atomic E-state index is 5.41. The minimum absolute atomic E-state index is 0.659. The molecule has 53 heavy (non-hydrogen) atoms. The highest BCUT2D eigenvalue weighted by atomic mass is 28.3. The minimum atomic E-state index is -2.06. The molecule has 9 aromatic rings. The van der Waals surface area contributed by atoms with Crippen molar-refractivity contribution in [2.24, 2.45) is 0 Å². The predicted octanol–water partition coefficient (Wildman–Crippen LogP) is 11.3. The molecule has 0 N–H and O–H groups in total. The first-order valence-electron chi connectivity index (χ1n) is 18.2. The third-order valence-electron chi connectivity index (χ3n) is 10.9. The van der Waals surface area contributed by atoms with Crippen molar-refractivity contribution in [1.29, 1.82) is 0 Å². The summed E-state index contributed by atoms with van der Waals surface area (Å²) in [6.07, 6.45) is 0. The van der Waals surface area contributed by atoms with Crippen LogP contribution in [0.3, 0.4) is 0 Å². The zero-order chi connectivity index (χ0) is 35.5. The maximum absolute atomic E-state index is 5.41. The van der Waals surface area contributed by atoms with E-state index >= 15 is 0 Å². The van der Waals surface area contributed by atoms with Crippen molar-refractivity contribution in [2.45, 2.75) is 13.1 Å². The molecule has 0 atom stereocenters. The standard InChI is InChI=1S/C49H35N3Si/c1-53(2)44-27-15-26-43(45(44)42-29-28-34-20-9-10-22-37(34)46(42)53)49-51-47(40-25-14-11-21-35(40)32-16-5-3-6-17-32)50-48(52-49)41-31-30-36(33-18-7-4-8-19-33)38-23-12-13-24-39(38)41/h3-31H,1-2H3. The van der Waals surface area contributed by atoms with Gasteiger partial charge in [-0.1, -0.05) is 183 Å². The van der Waals surface area contributed by atoms with Gasteiger partial charge in [-0.15, -0.1) is 0 Å². The Labute approximate surface area is 310 Å². The zero-order valence-corrected chi connectivity index (χ0v) is 30.6. The van der Waals surface area contributed by atoms with Gasteiger partial charge in [0.05, 0.1) is 0 Å². The average molecular weight is 694 g/mol. The third kappa shape index (κ3) is 5.06. The molecule has 10 rings (SSSR count). The number of aromatic nitrogens is 3. The van der Waals surface area contributed by atoms with E-state index in [1.807, 2.05) is 0 Å². The van der Waals surface area contributed by atoms with Crippen molar-refractivity contribution in [3.05, 3.63) is 176 Å². The average Bonchev–Trinajstić information content (AvgIpc) is 3.47. The lowest BCUT2D eigenvalue weighted by atomic mass is 9.94. The van der Waals surface area contributed by atoms with Gasteiger partial charge in [-0.25, -0.2) is 15.0 Å². The van der Waals surface area contributed by atoms with E-state index in [0.717, 1.165) is 33.2 Å². The van der Waals surface area contributed by atoms with Gasteiger partial charge < -0.3 is 0 Å². The zero-order valence-electron chi connectivity index (χ0n) is 29.6. The fourth-order valence-corrected chi connectivity index (χ4v) is 11.9. The SMILES string of the molecule is C[Si]1(C)c2cccc(-c3nc(-c4ccccc4-c4ccccc4)nc(-c4ccc(-c5ccccc5)c5ccccc45)n3)c2-c2ccc3ccccc3c21. The van der Waals surface area contributed by atoms with Gasteiger partial charge in [-0.2, -0.15) is 0 Å². The summed E-state index contributed by atoms with van der Waals surface area (Å²) >= 11 is 0. The highest BCUT2D eigenvalue weighted by Gasteiger charge is 2.40. The lowest BCUT2D eigenvalue weighted by Crippen LogP contribution is -2.49. The molecule has 8 aromatic carbocycles. The van der Waals surface area contributed by atoms with E-state index in [4.69, 9.17) is 15.0 Å². The summed E-state index contributed by atoms with van der Waals surface area (Å²) in [4.78, 5) is 16.1. The molecule has 0 aliphatic carbocycles. The second-order valence-corrected chi connectivity index (χ2v) is 18.6. The quantitative estimate of drug-likeness (QED) is 0.168. The van der Waals surface area contributed by atoms with Crippen LogP contribution in [0.1, 0.15) is 0 Å². The molecule has 3 nitrogen and oxygen atoms in total. The second kappa shape index (κ2) is 12.3. The molecular weight excluding hydrogens is 659 g/mol. The molecule has 2 heterocycles. The number of hydrogen-bond acceptors (Lipinski definition) is 3. The minimum Gasteiger partial charge on any atom is -0.208 e. The van der Waals surface area contributed by atoms with Gasteiger partial charge in [0, 0.05) is 16.7 Å². The molecule has 1 aliphatic rings. The van der Waals surface area contributed by atoms with E-state index in [0.29, 0.717) is 17.5 Å². The van der Waals surface area contributed by atoms with E-state index in [1.54, 1.807) is 0 Å². The molecule has 1 aromatic heterocycles. The second-order valence-electron chi connectivity index (χ2n) is 14.4. The van der Waals surface area contributed by atoms with Crippen molar-refractivity contribution < 1.29 is 0 Å². The van der Waals surface area contributed by atoms with Crippen LogP contribution in [0.4, 0.5) is 0 Å². The van der Waals surface area contributed by atoms with Crippen LogP contribution in [0.5, 0.6) is 0 Å². The Kier molecular flexibility index (Phi) is 7.27. The normalized spacial score (nSPS) is 12.9. The van der Waals surface area contributed by atoms with E-state index in [-0.39, 0.29) is 0 Å². The molecule has 1 aliphatic heterocycles. The van der Waals surface area contributed by atoms with Gasteiger partial charge >= 0.3 is 0 Å². The number of nitrogens with zero attached hydrogens (tertiary/aromatic N) is 3. The van der Waals surface area contributed by atoms with Crippen LogP contribution >= 0.6 is 0 Å². The third-order valence-corrected chi connectivity index (χ3v) is 14.5. The first-order valence-corrected chi connectivity index (χ1v) is 21.2. The number of fused-ring (bicyclic) bond motifs is 6. The maximum Gasteiger partial charge on any atom is 0.164 e. The summed E-state index contributed by atoms with van der Waals surface area (Å²) in [6, 6.07) is 62.7. The Hall–Kier alpha value is -6.49. The Bertz CT molecular complexity index is 2860. The van der Waals surface area contributed by atoms with E-state index < -0.39 is 8.07 Å². The Morgan fingerprint density at radius 3 is 1.55 bits per heavy atom. The number of benzene rings is 8. The van der Waals surface area contributed by atoms with Crippen LogP contribution in [0.25, 0.3) is 89.1 Å². The monoisotopic (exact) mass is 693 g/mol. The molecular formula is C49H35N3Si. The lowest BCUT2D eigenvalue weighted by Gasteiger charge is -2.20. The van der Waals surface area contributed by atoms with Gasteiger partial charge in [0.2, 0.25) is 0 Å². The Morgan fingerprint density at radius 2 is 0.830 bits per heavy atom. The highest BCUT2D eigenvalue weighted by molar-refractivity contribution is 7.05. The first kappa shape index (κ1) is 31.3. The molecule has 0 unspecified atom stereocenters. The van der Waals surface area contributed by atoms with Crippen molar-refractivity contribution >= 4 is 40.0 Å². The molecule has 0 spiro atoms. The Morgan fingerprint density at radius 1 is 0.340 bits per heavy atom. The van der Waals surface area contributed by atoms with Crippen molar-refractivity contribution in [1.82, 2.24) is 15.0 Å². The first-order chi connectivity index (χ1) is 26.1. The van der Waals surface area contributed by atoms with Crippen LogP contribution in [-0.4, -0.2) is 23.0 Å². The molecule has 0 fully saturated rings. The molecule has 0 saturated carbocycles. The molecule has 0 amide bonds. The van der Waals surface area contributed by atoms with Crippen molar-refractivity contribution in [2.75, 3.05) is 0 Å². The summed E-state index contributed by atoms with van der Waals surface area (Å²) in [5.74, 6) is 2.01. The van der Waals surface area contributed by atoms with Crippen LogP contribution in [-0.2, 0) is 0 Å². The van der Waals surface area contributed by atoms with E-state index in [2.05, 4.69) is 189 Å². The molecule has 0 saturated heterocycles. The lowest BCUT2D eigenvalue weighted by molar-refractivity contribution is 1.08. The smallest absolute Gasteiger partial charge is 0.164 e. The molecule has 250 valence electrons. The number of rotatable bonds is 5. The van der Waals surface area contributed by atoms with Crippen LogP contribution < -0.4 is 10.4 Å². The summed E-state index contributed by atoms with van der Waals surface area (Å²) in [5.41, 5.74) is 10.1. The topological polar surface area (TPSA) is 38.7 Å². The number of hydrogen-bond donors (Lipinski definition) is 0. The van der Waals surface area contributed by atoms with Crippen molar-refractivity contribution in [3.63, 3.8) is 0 Å². The molecule has 0 bridgehead atoms. The molecule has 0 radical (unpaired) electrons. The van der Waals surface area contributed by atoms with Gasteiger partial charge in [-0.3, -0.25) is 0 Å². The Balaban J connectivity index is 1.25. The van der Waals surface area contributed by atoms with E-state index in [1.165, 1.54) is 48.8 Å². The summed E-state index contributed by atoms with van der Waals surface area (Å²) in [7, 11) is -2.06. The summed E-state index contributed by atoms with van der Waals surface area (Å²) in [6.45, 7) is 4.96. The van der Waals surface area contributed by atoms with Crippen molar-refractivity contribution in [3.8, 4) is 67.5 Å². The van der Waals surface area contributed by atoms with Gasteiger partial charge in [0.25, 0.3) is 0 Å². The predicted molar refractivity (Wildman–Crippen MR) is 224 cm³/mol. The van der Waals surface area contributed by atoms with Gasteiger partial charge in [0.15, 0.2) is 17.5 Å². The van der Waals surface area contributed by atoms with Crippen LogP contribution in [0.2, 0.25) is 13.1 Å². The van der Waals surface area contributed by atoms with Gasteiger partial charge in [0.1, 0.15) is 8.07 Å². The van der Waals surface area contributed by atoms with Gasteiger partial charge in [-0.05, 0) is 71.4 Å².